The Morgan fingerprint density at radius 3 is 2.48 bits per heavy atom. The normalized spacial score (nSPS) is 26.8. The van der Waals surface area contributed by atoms with Gasteiger partial charge < -0.3 is 15.9 Å². The molecule has 1 aromatic rings. The summed E-state index contributed by atoms with van der Waals surface area (Å²) < 4.78 is 0. The number of halogens is 1. The number of hydrogen-bond acceptors (Lipinski definition) is 3. The predicted octanol–water partition coefficient (Wildman–Crippen LogP) is 5.23. The summed E-state index contributed by atoms with van der Waals surface area (Å²) in [6.07, 6.45) is 8.50. The van der Waals surface area contributed by atoms with Crippen LogP contribution in [0.1, 0.15) is 44.1 Å². The van der Waals surface area contributed by atoms with E-state index >= 15 is 0 Å². The van der Waals surface area contributed by atoms with Gasteiger partial charge in [-0.25, -0.2) is 0 Å². The lowest BCUT2D eigenvalue weighted by atomic mass is 9.85. The highest BCUT2D eigenvalue weighted by molar-refractivity contribution is 6.30. The van der Waals surface area contributed by atoms with Gasteiger partial charge in [-0.1, -0.05) is 36.6 Å². The van der Waals surface area contributed by atoms with Crippen molar-refractivity contribution in [3.05, 3.63) is 40.3 Å². The molecule has 5 heteroatoms. The monoisotopic (exact) mass is 333 g/mol. The van der Waals surface area contributed by atoms with Crippen LogP contribution in [-0.4, -0.2) is 30.1 Å². The van der Waals surface area contributed by atoms with E-state index < -0.39 is 0 Å². The number of nitrogens with zero attached hydrogens (tertiary/aromatic N) is 3. The molecule has 2 atom stereocenters. The molecular weight excluding hydrogens is 308 g/mol. The molecule has 0 bridgehead atoms. The first kappa shape index (κ1) is 16.7. The molecule has 1 saturated heterocycles. The molecule has 4 nitrogen and oxygen atoms in total. The van der Waals surface area contributed by atoms with Crippen LogP contribution in [0.5, 0.6) is 0 Å². The largest absolute Gasteiger partial charge is 0.398 e. The second-order valence-electron chi connectivity index (χ2n) is 6.94. The number of piperidine rings is 1. The lowest BCUT2D eigenvalue weighted by Crippen LogP contribution is -2.48. The molecule has 1 saturated carbocycles. The van der Waals surface area contributed by atoms with Gasteiger partial charge in [-0.2, -0.15) is 0 Å². The van der Waals surface area contributed by atoms with E-state index in [0.717, 1.165) is 36.9 Å². The van der Waals surface area contributed by atoms with E-state index in [0.29, 0.717) is 6.04 Å². The van der Waals surface area contributed by atoms with Crippen molar-refractivity contribution in [3.63, 3.8) is 0 Å². The summed E-state index contributed by atoms with van der Waals surface area (Å²) in [5.74, 6) is 0.771. The Labute approximate surface area is 144 Å². The Morgan fingerprint density at radius 1 is 1.09 bits per heavy atom. The minimum Gasteiger partial charge on any atom is -0.398 e. The number of nitrogens with one attached hydrogen (secondary N) is 1. The van der Waals surface area contributed by atoms with Crippen molar-refractivity contribution in [1.82, 2.24) is 4.90 Å². The topological polar surface area (TPSA) is 53.6 Å². The van der Waals surface area contributed by atoms with Crippen LogP contribution in [-0.2, 0) is 6.42 Å². The first-order valence-electron chi connectivity index (χ1n) is 8.81. The van der Waals surface area contributed by atoms with Crippen molar-refractivity contribution in [3.8, 4) is 0 Å². The van der Waals surface area contributed by atoms with Crippen LogP contribution < -0.4 is 0 Å². The average Bonchev–Trinajstić information content (AvgIpc) is 2.59. The van der Waals surface area contributed by atoms with Gasteiger partial charge in [0.1, 0.15) is 0 Å². The molecule has 1 aromatic carbocycles. The van der Waals surface area contributed by atoms with Gasteiger partial charge in [0, 0.05) is 11.1 Å². The third kappa shape index (κ3) is 4.45. The lowest BCUT2D eigenvalue weighted by molar-refractivity contribution is 0.0997. The van der Waals surface area contributed by atoms with Gasteiger partial charge in [0.05, 0.1) is 0 Å². The molecule has 23 heavy (non-hydrogen) atoms. The third-order valence-corrected chi connectivity index (χ3v) is 5.71. The number of likely N-dealkylation sites (tertiary alicyclic amines) is 1. The molecule has 0 radical (unpaired) electrons. The van der Waals surface area contributed by atoms with Crippen LogP contribution in [0.15, 0.2) is 29.5 Å². The predicted molar refractivity (Wildman–Crippen MR) is 94.0 cm³/mol. The maximum atomic E-state index is 7.05. The van der Waals surface area contributed by atoms with Crippen LogP contribution in [0.25, 0.3) is 5.43 Å². The van der Waals surface area contributed by atoms with Gasteiger partial charge in [0.15, 0.2) is 0 Å². The van der Waals surface area contributed by atoms with Crippen molar-refractivity contribution in [1.29, 1.82) is 5.53 Å². The summed E-state index contributed by atoms with van der Waals surface area (Å²) in [6.45, 7) is 2.32. The van der Waals surface area contributed by atoms with E-state index in [-0.39, 0.29) is 6.04 Å². The minimum absolute atomic E-state index is 0.245. The Bertz CT molecular complexity index is 496. The molecule has 0 aromatic heterocycles. The zero-order valence-electron chi connectivity index (χ0n) is 13.6. The summed E-state index contributed by atoms with van der Waals surface area (Å²) in [5, 5.41) is 4.14. The summed E-state index contributed by atoms with van der Waals surface area (Å²) >= 11 is 5.96. The molecular formula is C18H26ClN4-. The molecule has 2 fully saturated rings. The van der Waals surface area contributed by atoms with Gasteiger partial charge >= 0.3 is 0 Å². The molecule has 2 aliphatic rings. The van der Waals surface area contributed by atoms with Gasteiger partial charge in [0.25, 0.3) is 0 Å². The molecule has 1 N–H and O–H groups in total. The summed E-state index contributed by atoms with van der Waals surface area (Å²) in [7, 11) is 0. The van der Waals surface area contributed by atoms with Gasteiger partial charge in [-0.15, -0.1) is 0 Å². The molecule has 2 unspecified atom stereocenters. The SMILES string of the molecule is N=N[N-]C1CCCCC1N1CCC(Cc2ccc(Cl)cc2)CC1. The van der Waals surface area contributed by atoms with Crippen molar-refractivity contribution in [2.75, 3.05) is 13.1 Å². The van der Waals surface area contributed by atoms with E-state index in [1.807, 2.05) is 12.1 Å². The minimum atomic E-state index is 0.245. The van der Waals surface area contributed by atoms with Crippen LogP contribution in [0, 0.1) is 11.4 Å². The summed E-state index contributed by atoms with van der Waals surface area (Å²) in [4.78, 5) is 2.61. The fourth-order valence-electron chi connectivity index (χ4n) is 4.17. The fraction of sp³-hybridized carbons (Fsp3) is 0.667. The molecule has 1 heterocycles. The number of rotatable bonds is 5. The zero-order chi connectivity index (χ0) is 16.1. The molecule has 1 aliphatic heterocycles. The van der Waals surface area contributed by atoms with Crippen LogP contribution in [0.4, 0.5) is 0 Å². The summed E-state index contributed by atoms with van der Waals surface area (Å²) in [6, 6.07) is 9.04. The zero-order valence-corrected chi connectivity index (χ0v) is 14.4. The lowest BCUT2D eigenvalue weighted by Gasteiger charge is -2.44. The van der Waals surface area contributed by atoms with Crippen LogP contribution >= 0.6 is 11.6 Å². The highest BCUT2D eigenvalue weighted by Gasteiger charge is 2.30. The second-order valence-corrected chi connectivity index (χ2v) is 7.38. The first-order valence-corrected chi connectivity index (χ1v) is 9.19. The van der Waals surface area contributed by atoms with Crippen molar-refractivity contribution in [2.45, 2.75) is 57.0 Å². The quantitative estimate of drug-likeness (QED) is 0.582. The van der Waals surface area contributed by atoms with Crippen molar-refractivity contribution >= 4 is 11.6 Å². The molecule has 0 amide bonds. The maximum Gasteiger partial charge on any atom is 0.0406 e. The van der Waals surface area contributed by atoms with E-state index in [9.17, 15) is 0 Å². The molecule has 126 valence electrons. The fourth-order valence-corrected chi connectivity index (χ4v) is 4.30. The maximum absolute atomic E-state index is 7.05. The van der Waals surface area contributed by atoms with E-state index in [1.165, 1.54) is 37.7 Å². The number of hydrogen-bond donors (Lipinski definition) is 1. The molecule has 1 aliphatic carbocycles. The Kier molecular flexibility index (Phi) is 5.90. The van der Waals surface area contributed by atoms with Gasteiger partial charge in [-0.3, -0.25) is 5.22 Å². The summed E-state index contributed by atoms with van der Waals surface area (Å²) in [5.41, 5.74) is 12.6. The number of benzene rings is 1. The molecule has 0 spiro atoms. The van der Waals surface area contributed by atoms with Crippen molar-refractivity contribution in [2.24, 2.45) is 11.1 Å². The van der Waals surface area contributed by atoms with Gasteiger partial charge in [0.2, 0.25) is 0 Å². The van der Waals surface area contributed by atoms with E-state index in [2.05, 4.69) is 27.7 Å². The smallest absolute Gasteiger partial charge is 0.0406 e. The third-order valence-electron chi connectivity index (χ3n) is 5.46. The molecule has 3 rings (SSSR count). The highest BCUT2D eigenvalue weighted by Crippen LogP contribution is 2.32. The van der Waals surface area contributed by atoms with E-state index in [4.69, 9.17) is 17.1 Å². The average molecular weight is 334 g/mol. The second kappa shape index (κ2) is 8.11. The standard InChI is InChI=1S/C18H26ClN4/c19-16-7-5-14(6-8-16)13-15-9-11-23(12-10-15)18-4-2-1-3-17(18)21-22-20/h5-8,15,17-18H,1-4,9-13H2,(H-,20,21)/q-1. The Morgan fingerprint density at radius 2 is 1.78 bits per heavy atom. The van der Waals surface area contributed by atoms with E-state index in [1.54, 1.807) is 0 Å². The van der Waals surface area contributed by atoms with Crippen LogP contribution in [0.3, 0.4) is 0 Å². The van der Waals surface area contributed by atoms with Crippen LogP contribution in [0.2, 0.25) is 5.02 Å². The first-order chi connectivity index (χ1) is 11.3. The highest BCUT2D eigenvalue weighted by atomic mass is 35.5. The van der Waals surface area contributed by atoms with Crippen molar-refractivity contribution < 1.29 is 0 Å². The Balaban J connectivity index is 1.51. The van der Waals surface area contributed by atoms with Gasteiger partial charge in [-0.05, 0) is 74.8 Å². The Hall–Kier alpha value is -1.13.